The van der Waals surface area contributed by atoms with Crippen LogP contribution in [0.25, 0.3) is 22.3 Å². The molecule has 140 valence electrons. The van der Waals surface area contributed by atoms with Crippen LogP contribution >= 0.6 is 11.8 Å². The van der Waals surface area contributed by atoms with Gasteiger partial charge in [-0.15, -0.1) is 0 Å². The maximum atomic E-state index is 13.8. The van der Waals surface area contributed by atoms with Crippen LogP contribution in [0.2, 0.25) is 0 Å². The van der Waals surface area contributed by atoms with Gasteiger partial charge in [0.2, 0.25) is 0 Å². The zero-order valence-electron chi connectivity index (χ0n) is 15.0. The minimum absolute atomic E-state index is 0.0957. The van der Waals surface area contributed by atoms with Gasteiger partial charge in [-0.2, -0.15) is 11.8 Å². The van der Waals surface area contributed by atoms with Crippen molar-refractivity contribution in [1.29, 1.82) is 0 Å². The summed E-state index contributed by atoms with van der Waals surface area (Å²) in [5.41, 5.74) is 2.58. The molecule has 27 heavy (non-hydrogen) atoms. The van der Waals surface area contributed by atoms with Crippen molar-refractivity contribution >= 4 is 28.7 Å². The van der Waals surface area contributed by atoms with E-state index in [0.29, 0.717) is 16.7 Å². The van der Waals surface area contributed by atoms with E-state index < -0.39 is 11.8 Å². The van der Waals surface area contributed by atoms with Crippen molar-refractivity contribution in [2.75, 3.05) is 31.7 Å². The normalized spacial score (nSPS) is 15.2. The van der Waals surface area contributed by atoms with Crippen LogP contribution in [0.1, 0.15) is 15.9 Å². The number of ether oxygens (including phenoxy) is 1. The van der Waals surface area contributed by atoms with E-state index in [2.05, 4.69) is 17.0 Å². The molecule has 4 rings (SSSR count). The Kier molecular flexibility index (Phi) is 5.18. The van der Waals surface area contributed by atoms with E-state index in [1.54, 1.807) is 6.07 Å². The average Bonchev–Trinajstić information content (AvgIpc) is 3.12. The number of halogens is 1. The molecule has 0 N–H and O–H groups in total. The summed E-state index contributed by atoms with van der Waals surface area (Å²) in [4.78, 5) is 14.4. The highest BCUT2D eigenvalue weighted by Crippen LogP contribution is 2.31. The van der Waals surface area contributed by atoms with Crippen molar-refractivity contribution in [2.24, 2.45) is 0 Å². The number of fused-ring (bicyclic) bond motifs is 1. The van der Waals surface area contributed by atoms with E-state index in [4.69, 9.17) is 9.15 Å². The Morgan fingerprint density at radius 1 is 1.19 bits per heavy atom. The molecule has 0 saturated carbocycles. The number of carbonyl (C=O) groups excluding carboxylic acids is 1. The van der Waals surface area contributed by atoms with Crippen molar-refractivity contribution < 1.29 is 18.3 Å². The molecule has 0 bridgehead atoms. The molecule has 1 aliphatic rings. The summed E-state index contributed by atoms with van der Waals surface area (Å²) < 4.78 is 24.4. The number of hydrogen-bond acceptors (Lipinski definition) is 5. The summed E-state index contributed by atoms with van der Waals surface area (Å²) in [6, 6.07) is 12.4. The Bertz CT molecular complexity index is 961. The lowest BCUT2D eigenvalue weighted by Crippen LogP contribution is -2.31. The predicted octanol–water partition coefficient (Wildman–Crippen LogP) is 4.57. The monoisotopic (exact) mass is 385 g/mol. The summed E-state index contributed by atoms with van der Waals surface area (Å²) >= 11 is 2.00. The number of furan rings is 1. The molecule has 4 nitrogen and oxygen atoms in total. The van der Waals surface area contributed by atoms with E-state index in [0.717, 1.165) is 31.3 Å². The Hall–Kier alpha value is -2.31. The largest absolute Gasteiger partial charge is 0.465 e. The van der Waals surface area contributed by atoms with Crippen LogP contribution in [0.3, 0.4) is 0 Å². The summed E-state index contributed by atoms with van der Waals surface area (Å²) in [6.45, 7) is 3.19. The van der Waals surface area contributed by atoms with Crippen molar-refractivity contribution in [2.45, 2.75) is 6.54 Å². The second-order valence-electron chi connectivity index (χ2n) is 6.56. The Morgan fingerprint density at radius 2 is 1.93 bits per heavy atom. The molecule has 6 heteroatoms. The van der Waals surface area contributed by atoms with E-state index in [9.17, 15) is 9.18 Å². The first-order valence-electron chi connectivity index (χ1n) is 8.85. The predicted molar refractivity (Wildman–Crippen MR) is 106 cm³/mol. The van der Waals surface area contributed by atoms with Crippen LogP contribution < -0.4 is 0 Å². The van der Waals surface area contributed by atoms with Crippen molar-refractivity contribution in [3.63, 3.8) is 0 Å². The Labute approximate surface area is 161 Å². The van der Waals surface area contributed by atoms with Crippen LogP contribution in [0.4, 0.5) is 4.39 Å². The van der Waals surface area contributed by atoms with Gasteiger partial charge in [0.25, 0.3) is 0 Å². The molecule has 1 fully saturated rings. The molecule has 0 spiro atoms. The summed E-state index contributed by atoms with van der Waals surface area (Å²) in [7, 11) is 1.27. The van der Waals surface area contributed by atoms with Gasteiger partial charge in [-0.3, -0.25) is 4.90 Å². The first kappa shape index (κ1) is 18.1. The van der Waals surface area contributed by atoms with Crippen LogP contribution in [-0.4, -0.2) is 42.6 Å². The molecule has 0 radical (unpaired) electrons. The quantitative estimate of drug-likeness (QED) is 0.615. The highest BCUT2D eigenvalue weighted by Gasteiger charge is 2.18. The van der Waals surface area contributed by atoms with Crippen molar-refractivity contribution in [3.8, 4) is 11.3 Å². The third-order valence-corrected chi connectivity index (χ3v) is 5.68. The summed E-state index contributed by atoms with van der Waals surface area (Å²) in [5, 5.41) is 0.542. The number of benzene rings is 2. The summed E-state index contributed by atoms with van der Waals surface area (Å²) in [6.07, 6.45) is 0. The first-order chi connectivity index (χ1) is 13.1. The van der Waals surface area contributed by atoms with Crippen LogP contribution in [-0.2, 0) is 11.3 Å². The zero-order valence-corrected chi connectivity index (χ0v) is 15.9. The molecule has 0 atom stereocenters. The lowest BCUT2D eigenvalue weighted by molar-refractivity contribution is 0.0601. The third kappa shape index (κ3) is 3.87. The highest BCUT2D eigenvalue weighted by molar-refractivity contribution is 7.99. The van der Waals surface area contributed by atoms with Crippen molar-refractivity contribution in [3.05, 3.63) is 59.4 Å². The average molecular weight is 385 g/mol. The molecule has 0 amide bonds. The van der Waals surface area contributed by atoms with Gasteiger partial charge in [0, 0.05) is 42.1 Å². The van der Waals surface area contributed by atoms with E-state index in [-0.39, 0.29) is 5.56 Å². The fraction of sp³-hybridized carbons (Fsp3) is 0.286. The Morgan fingerprint density at radius 3 is 2.63 bits per heavy atom. The standard InChI is InChI=1S/C21H20FNO3S/c1-25-21(24)18-12-17(22)10-16-11-19(26-20(16)18)15-4-2-14(3-5-15)13-23-6-8-27-9-7-23/h2-5,10-12H,6-9,13H2,1H3. The first-order valence-corrected chi connectivity index (χ1v) is 10.0. The van der Waals surface area contributed by atoms with Gasteiger partial charge in [-0.1, -0.05) is 24.3 Å². The topological polar surface area (TPSA) is 42.7 Å². The number of methoxy groups -OCH3 is 1. The number of rotatable bonds is 4. The van der Waals surface area contributed by atoms with Gasteiger partial charge in [-0.25, -0.2) is 9.18 Å². The zero-order chi connectivity index (χ0) is 18.8. The second kappa shape index (κ2) is 7.74. The number of hydrogen-bond donors (Lipinski definition) is 0. The van der Waals surface area contributed by atoms with Gasteiger partial charge < -0.3 is 9.15 Å². The van der Waals surface area contributed by atoms with Gasteiger partial charge in [0.05, 0.1) is 7.11 Å². The lowest BCUT2D eigenvalue weighted by atomic mass is 10.1. The molecule has 2 aromatic carbocycles. The lowest BCUT2D eigenvalue weighted by Gasteiger charge is -2.26. The highest BCUT2D eigenvalue weighted by atomic mass is 32.2. The fourth-order valence-corrected chi connectivity index (χ4v) is 4.29. The van der Waals surface area contributed by atoms with Crippen LogP contribution in [0.15, 0.2) is 46.9 Å². The van der Waals surface area contributed by atoms with E-state index >= 15 is 0 Å². The molecular formula is C21H20FNO3S. The fourth-order valence-electron chi connectivity index (χ4n) is 3.31. The molecule has 0 aliphatic carbocycles. The second-order valence-corrected chi connectivity index (χ2v) is 7.78. The smallest absolute Gasteiger partial charge is 0.341 e. The van der Waals surface area contributed by atoms with Gasteiger partial charge >= 0.3 is 5.97 Å². The molecule has 1 aromatic heterocycles. The van der Waals surface area contributed by atoms with Crippen LogP contribution in [0, 0.1) is 5.82 Å². The third-order valence-electron chi connectivity index (χ3n) is 4.73. The van der Waals surface area contributed by atoms with Crippen LogP contribution in [0.5, 0.6) is 0 Å². The maximum absolute atomic E-state index is 13.8. The molecule has 3 aromatic rings. The molecule has 0 unspecified atom stereocenters. The minimum Gasteiger partial charge on any atom is -0.465 e. The number of nitrogens with zero attached hydrogens (tertiary/aromatic N) is 1. The number of thioether (sulfide) groups is 1. The number of carbonyl (C=O) groups is 1. The molecule has 1 aliphatic heterocycles. The number of esters is 1. The van der Waals surface area contributed by atoms with Gasteiger partial charge in [0.15, 0.2) is 0 Å². The molecular weight excluding hydrogens is 365 g/mol. The van der Waals surface area contributed by atoms with E-state index in [1.165, 1.54) is 30.2 Å². The Balaban J connectivity index is 1.61. The molecule has 1 saturated heterocycles. The van der Waals surface area contributed by atoms with E-state index in [1.807, 2.05) is 23.9 Å². The van der Waals surface area contributed by atoms with Gasteiger partial charge in [-0.05, 0) is 23.8 Å². The van der Waals surface area contributed by atoms with Crippen molar-refractivity contribution in [1.82, 2.24) is 4.90 Å². The summed E-state index contributed by atoms with van der Waals surface area (Å²) in [5.74, 6) is 1.87. The minimum atomic E-state index is -0.615. The SMILES string of the molecule is COC(=O)c1cc(F)cc2cc(-c3ccc(CN4CCSCC4)cc3)oc12. The molecule has 2 heterocycles. The maximum Gasteiger partial charge on any atom is 0.341 e. The van der Waals surface area contributed by atoms with Gasteiger partial charge in [0.1, 0.15) is 22.7 Å².